The fraction of sp³-hybridized carbons (Fsp3) is 0.917. The predicted molar refractivity (Wildman–Crippen MR) is 63.0 cm³/mol. The van der Waals surface area contributed by atoms with Gasteiger partial charge in [-0.3, -0.25) is 5.32 Å². The fourth-order valence-corrected chi connectivity index (χ4v) is 1.82. The summed E-state index contributed by atoms with van der Waals surface area (Å²) in [5.74, 6) is 0. The molecular formula is C12H21F3N2O. The zero-order valence-corrected chi connectivity index (χ0v) is 11.4. The van der Waals surface area contributed by atoms with E-state index >= 15 is 0 Å². The molecule has 18 heavy (non-hydrogen) atoms. The molecule has 0 aliphatic rings. The molecule has 1 N–H and O–H groups in total. The van der Waals surface area contributed by atoms with E-state index < -0.39 is 23.9 Å². The molecule has 3 atom stereocenters. The maximum Gasteiger partial charge on any atom is 0.414 e. The number of nitrogens with zero attached hydrogens (tertiary/aromatic N) is 1. The summed E-state index contributed by atoms with van der Waals surface area (Å²) in [5.41, 5.74) is -0.890. The van der Waals surface area contributed by atoms with Gasteiger partial charge in [0.2, 0.25) is 0 Å². The average molecular weight is 266 g/mol. The lowest BCUT2D eigenvalue weighted by Gasteiger charge is -2.30. The van der Waals surface area contributed by atoms with Gasteiger partial charge in [-0.25, -0.2) is 0 Å². The molecule has 0 aliphatic carbocycles. The summed E-state index contributed by atoms with van der Waals surface area (Å²) < 4.78 is 41.9. The summed E-state index contributed by atoms with van der Waals surface area (Å²) in [4.78, 5) is 0. The Balaban J connectivity index is 4.46. The van der Waals surface area contributed by atoms with Gasteiger partial charge in [-0.15, -0.1) is 0 Å². The smallest absolute Gasteiger partial charge is 0.366 e. The Kier molecular flexibility index (Phi) is 6.11. The van der Waals surface area contributed by atoms with Crippen LogP contribution in [0, 0.1) is 11.3 Å². The number of nitrogens with one attached hydrogen (secondary N) is 1. The maximum absolute atomic E-state index is 12.3. The molecule has 0 bridgehead atoms. The second-order valence-electron chi connectivity index (χ2n) is 5.08. The number of rotatable bonds is 6. The van der Waals surface area contributed by atoms with Crippen molar-refractivity contribution in [1.29, 1.82) is 5.26 Å². The van der Waals surface area contributed by atoms with Crippen molar-refractivity contribution in [3.63, 3.8) is 0 Å². The van der Waals surface area contributed by atoms with E-state index in [9.17, 15) is 13.2 Å². The summed E-state index contributed by atoms with van der Waals surface area (Å²) in [6, 6.07) is 2.15. The normalized spacial score (nSPS) is 19.1. The van der Waals surface area contributed by atoms with E-state index in [0.717, 1.165) is 6.92 Å². The summed E-state index contributed by atoms with van der Waals surface area (Å²) in [7, 11) is 0. The maximum atomic E-state index is 12.3. The van der Waals surface area contributed by atoms with E-state index in [-0.39, 0.29) is 12.5 Å². The van der Waals surface area contributed by atoms with Crippen LogP contribution in [-0.2, 0) is 4.74 Å². The Morgan fingerprint density at radius 2 is 1.72 bits per heavy atom. The number of ether oxygens (including phenoxy) is 1. The van der Waals surface area contributed by atoms with E-state index in [1.165, 1.54) is 0 Å². The molecular weight excluding hydrogens is 245 g/mol. The predicted octanol–water partition coefficient (Wildman–Crippen LogP) is 3.01. The minimum atomic E-state index is -4.37. The monoisotopic (exact) mass is 266 g/mol. The van der Waals surface area contributed by atoms with Crippen LogP contribution in [0.2, 0.25) is 0 Å². The molecule has 3 unspecified atom stereocenters. The first-order chi connectivity index (χ1) is 8.00. The van der Waals surface area contributed by atoms with E-state index in [1.807, 2.05) is 13.8 Å². The molecule has 0 fully saturated rings. The van der Waals surface area contributed by atoms with Crippen molar-refractivity contribution in [2.45, 2.75) is 71.0 Å². The van der Waals surface area contributed by atoms with Gasteiger partial charge in [-0.1, -0.05) is 0 Å². The molecule has 0 rings (SSSR count). The van der Waals surface area contributed by atoms with Crippen LogP contribution in [0.15, 0.2) is 0 Å². The van der Waals surface area contributed by atoms with Crippen LogP contribution >= 0.6 is 0 Å². The van der Waals surface area contributed by atoms with Gasteiger partial charge in [0.05, 0.1) is 12.2 Å². The highest BCUT2D eigenvalue weighted by Crippen LogP contribution is 2.25. The van der Waals surface area contributed by atoms with Gasteiger partial charge < -0.3 is 4.74 Å². The summed E-state index contributed by atoms with van der Waals surface area (Å²) in [6.07, 6.45) is -6.66. The van der Waals surface area contributed by atoms with Crippen molar-refractivity contribution in [1.82, 2.24) is 5.32 Å². The molecule has 0 saturated carbocycles. The standard InChI is InChI=1S/C12H21F3N2O/c1-8(2)17-11(5,7-16)6-9(3)18-10(4)12(13,14)15/h8-10,17H,6H2,1-5H3. The highest BCUT2D eigenvalue weighted by Gasteiger charge is 2.39. The van der Waals surface area contributed by atoms with Crippen LogP contribution in [0.1, 0.15) is 41.0 Å². The molecule has 0 aromatic heterocycles. The largest absolute Gasteiger partial charge is 0.414 e. The molecule has 6 heteroatoms. The number of halogens is 3. The molecule has 106 valence electrons. The molecule has 0 heterocycles. The first kappa shape index (κ1) is 17.2. The highest BCUT2D eigenvalue weighted by molar-refractivity contribution is 5.05. The van der Waals surface area contributed by atoms with Crippen LogP contribution in [0.4, 0.5) is 13.2 Å². The molecule has 0 radical (unpaired) electrons. The Hall–Kier alpha value is -0.800. The van der Waals surface area contributed by atoms with Gasteiger partial charge in [0.25, 0.3) is 0 Å². The van der Waals surface area contributed by atoms with E-state index in [2.05, 4.69) is 11.4 Å². The van der Waals surface area contributed by atoms with Crippen LogP contribution in [0.3, 0.4) is 0 Å². The van der Waals surface area contributed by atoms with Crippen molar-refractivity contribution in [2.75, 3.05) is 0 Å². The lowest BCUT2D eigenvalue weighted by Crippen LogP contribution is -2.47. The number of hydrogen-bond donors (Lipinski definition) is 1. The lowest BCUT2D eigenvalue weighted by molar-refractivity contribution is -0.226. The number of nitriles is 1. The molecule has 0 aromatic rings. The Labute approximate surface area is 106 Å². The molecule has 0 saturated heterocycles. The minimum Gasteiger partial charge on any atom is -0.366 e. The van der Waals surface area contributed by atoms with Crippen LogP contribution < -0.4 is 5.32 Å². The second kappa shape index (κ2) is 6.39. The average Bonchev–Trinajstić information content (AvgIpc) is 2.14. The SMILES string of the molecule is CC(C)NC(C)(C#N)CC(C)OC(C)C(F)(F)F. The summed E-state index contributed by atoms with van der Waals surface area (Å²) in [5, 5.41) is 12.1. The van der Waals surface area contributed by atoms with E-state index in [1.54, 1.807) is 13.8 Å². The second-order valence-corrected chi connectivity index (χ2v) is 5.08. The van der Waals surface area contributed by atoms with Crippen molar-refractivity contribution in [3.05, 3.63) is 0 Å². The molecule has 0 aliphatic heterocycles. The van der Waals surface area contributed by atoms with Gasteiger partial charge in [-0.05, 0) is 34.6 Å². The van der Waals surface area contributed by atoms with Crippen molar-refractivity contribution in [2.24, 2.45) is 0 Å². The number of hydrogen-bond acceptors (Lipinski definition) is 3. The van der Waals surface area contributed by atoms with Crippen LogP contribution in [0.5, 0.6) is 0 Å². The minimum absolute atomic E-state index is 0.0712. The van der Waals surface area contributed by atoms with Crippen LogP contribution in [-0.4, -0.2) is 30.0 Å². The van der Waals surface area contributed by atoms with Crippen molar-refractivity contribution in [3.8, 4) is 6.07 Å². The summed E-state index contributed by atoms with van der Waals surface area (Å²) in [6.45, 7) is 7.92. The molecule has 3 nitrogen and oxygen atoms in total. The van der Waals surface area contributed by atoms with E-state index in [0.29, 0.717) is 0 Å². The Bertz CT molecular complexity index is 299. The number of alkyl halides is 3. The highest BCUT2D eigenvalue weighted by atomic mass is 19.4. The van der Waals surface area contributed by atoms with Gasteiger partial charge in [0.15, 0.2) is 6.10 Å². The third-order valence-corrected chi connectivity index (χ3v) is 2.45. The first-order valence-electron chi connectivity index (χ1n) is 5.91. The zero-order chi connectivity index (χ0) is 14.6. The summed E-state index contributed by atoms with van der Waals surface area (Å²) >= 11 is 0. The van der Waals surface area contributed by atoms with Gasteiger partial charge in [0, 0.05) is 12.5 Å². The van der Waals surface area contributed by atoms with Crippen molar-refractivity contribution >= 4 is 0 Å². The van der Waals surface area contributed by atoms with Gasteiger partial charge in [-0.2, -0.15) is 18.4 Å². The molecule has 0 amide bonds. The quantitative estimate of drug-likeness (QED) is 0.803. The third kappa shape index (κ3) is 6.22. The fourth-order valence-electron chi connectivity index (χ4n) is 1.82. The first-order valence-corrected chi connectivity index (χ1v) is 5.91. The zero-order valence-electron chi connectivity index (χ0n) is 11.4. The topological polar surface area (TPSA) is 45.0 Å². The Morgan fingerprint density at radius 3 is 2.06 bits per heavy atom. The van der Waals surface area contributed by atoms with Crippen molar-refractivity contribution < 1.29 is 17.9 Å². The van der Waals surface area contributed by atoms with E-state index in [4.69, 9.17) is 10.00 Å². The van der Waals surface area contributed by atoms with Crippen LogP contribution in [0.25, 0.3) is 0 Å². The third-order valence-electron chi connectivity index (χ3n) is 2.45. The molecule has 0 spiro atoms. The molecule has 0 aromatic carbocycles. The lowest BCUT2D eigenvalue weighted by atomic mass is 9.95. The Morgan fingerprint density at radius 1 is 1.22 bits per heavy atom. The van der Waals surface area contributed by atoms with Gasteiger partial charge >= 0.3 is 6.18 Å². The van der Waals surface area contributed by atoms with Gasteiger partial charge in [0.1, 0.15) is 5.54 Å².